The zero-order chi connectivity index (χ0) is 13.4. The predicted octanol–water partition coefficient (Wildman–Crippen LogP) is 3.29. The Morgan fingerprint density at radius 1 is 1.58 bits per heavy atom. The van der Waals surface area contributed by atoms with Crippen molar-refractivity contribution in [3.8, 4) is 0 Å². The van der Waals surface area contributed by atoms with E-state index in [1.54, 1.807) is 10.6 Å². The van der Waals surface area contributed by atoms with Crippen LogP contribution in [0.15, 0.2) is 11.6 Å². The van der Waals surface area contributed by atoms with E-state index in [4.69, 9.17) is 0 Å². The highest BCUT2D eigenvalue weighted by Gasteiger charge is 2.27. The van der Waals surface area contributed by atoms with Crippen LogP contribution in [0, 0.1) is 16.0 Å². The summed E-state index contributed by atoms with van der Waals surface area (Å²) in [6, 6.07) is 0.298. The molecule has 19 heavy (non-hydrogen) atoms. The van der Waals surface area contributed by atoms with Crippen LogP contribution in [-0.4, -0.2) is 20.3 Å². The molecule has 0 spiro atoms. The fourth-order valence-electron chi connectivity index (χ4n) is 2.80. The molecule has 0 aromatic carbocycles. The number of nitro groups is 1. The molecule has 2 aromatic rings. The Morgan fingerprint density at radius 2 is 2.42 bits per heavy atom. The van der Waals surface area contributed by atoms with Crippen LogP contribution in [-0.2, 0) is 0 Å². The first-order valence-electron chi connectivity index (χ1n) is 6.51. The summed E-state index contributed by atoms with van der Waals surface area (Å²) < 4.78 is 1.54. The van der Waals surface area contributed by atoms with E-state index in [1.165, 1.54) is 24.2 Å². The van der Waals surface area contributed by atoms with Crippen molar-refractivity contribution in [1.82, 2.24) is 9.38 Å². The van der Waals surface area contributed by atoms with E-state index in [9.17, 15) is 10.1 Å². The molecule has 2 aromatic heterocycles. The van der Waals surface area contributed by atoms with Crippen molar-refractivity contribution in [3.63, 3.8) is 0 Å². The van der Waals surface area contributed by atoms with E-state index >= 15 is 0 Å². The first-order chi connectivity index (χ1) is 9.15. The van der Waals surface area contributed by atoms with Gasteiger partial charge in [-0.2, -0.15) is 9.38 Å². The molecule has 3 rings (SSSR count). The number of thiazole rings is 1. The van der Waals surface area contributed by atoms with Crippen molar-refractivity contribution < 1.29 is 4.92 Å². The first kappa shape index (κ1) is 12.4. The van der Waals surface area contributed by atoms with Crippen LogP contribution in [0.1, 0.15) is 32.6 Å². The summed E-state index contributed by atoms with van der Waals surface area (Å²) >= 11 is 1.41. The number of hydrogen-bond acceptors (Lipinski definition) is 5. The van der Waals surface area contributed by atoms with E-state index in [1.807, 2.05) is 5.38 Å². The van der Waals surface area contributed by atoms with E-state index in [-0.39, 0.29) is 10.7 Å². The van der Waals surface area contributed by atoms with Gasteiger partial charge in [0.2, 0.25) is 5.82 Å². The largest absolute Gasteiger partial charge is 0.372 e. The van der Waals surface area contributed by atoms with Gasteiger partial charge in [0, 0.05) is 11.4 Å². The molecule has 2 atom stereocenters. The van der Waals surface area contributed by atoms with Crippen LogP contribution in [0.2, 0.25) is 0 Å². The fraction of sp³-hybridized carbons (Fsp3) is 0.583. The minimum atomic E-state index is -0.360. The highest BCUT2D eigenvalue weighted by Crippen LogP contribution is 2.31. The van der Waals surface area contributed by atoms with Gasteiger partial charge in [0.1, 0.15) is 6.20 Å². The summed E-state index contributed by atoms with van der Waals surface area (Å²) in [4.78, 5) is 15.9. The van der Waals surface area contributed by atoms with Gasteiger partial charge in [-0.15, -0.1) is 0 Å². The van der Waals surface area contributed by atoms with Crippen molar-refractivity contribution in [2.45, 2.75) is 38.6 Å². The minimum absolute atomic E-state index is 0.0504. The van der Waals surface area contributed by atoms with Gasteiger partial charge in [-0.25, -0.2) is 0 Å². The van der Waals surface area contributed by atoms with E-state index in [0.29, 0.717) is 22.7 Å². The quantitative estimate of drug-likeness (QED) is 0.691. The molecule has 2 unspecified atom stereocenters. The Kier molecular flexibility index (Phi) is 3.14. The minimum Gasteiger partial charge on any atom is -0.360 e. The third kappa shape index (κ3) is 2.30. The molecular formula is C12H16N4O2S. The topological polar surface area (TPSA) is 72.5 Å². The molecule has 0 bridgehead atoms. The highest BCUT2D eigenvalue weighted by atomic mass is 32.1. The van der Waals surface area contributed by atoms with Gasteiger partial charge in [0.05, 0.1) is 0 Å². The maximum absolute atomic E-state index is 11.2. The van der Waals surface area contributed by atoms with Gasteiger partial charge in [0.25, 0.3) is 4.96 Å². The van der Waals surface area contributed by atoms with Crippen LogP contribution in [0.25, 0.3) is 4.96 Å². The Labute approximate surface area is 114 Å². The third-order valence-electron chi connectivity index (χ3n) is 3.69. The summed E-state index contributed by atoms with van der Waals surface area (Å²) in [6.45, 7) is 2.23. The second-order valence-electron chi connectivity index (χ2n) is 5.21. The molecule has 102 valence electrons. The summed E-state index contributed by atoms with van der Waals surface area (Å²) in [5, 5.41) is 16.3. The predicted molar refractivity (Wildman–Crippen MR) is 74.8 cm³/mol. The maximum Gasteiger partial charge on any atom is 0.372 e. The van der Waals surface area contributed by atoms with E-state index < -0.39 is 0 Å². The number of nitrogens with one attached hydrogen (secondary N) is 1. The Balaban J connectivity index is 1.89. The summed E-state index contributed by atoms with van der Waals surface area (Å²) in [7, 11) is 0. The highest BCUT2D eigenvalue weighted by molar-refractivity contribution is 7.15. The van der Waals surface area contributed by atoms with Gasteiger partial charge in [0.15, 0.2) is 0 Å². The van der Waals surface area contributed by atoms with Crippen molar-refractivity contribution in [1.29, 1.82) is 0 Å². The molecule has 0 amide bonds. The number of hydrogen-bond donors (Lipinski definition) is 1. The number of rotatable bonds is 3. The molecule has 0 radical (unpaired) electrons. The van der Waals surface area contributed by atoms with Crippen LogP contribution in [0.4, 0.5) is 11.6 Å². The lowest BCUT2D eigenvalue weighted by Crippen LogP contribution is -2.26. The first-order valence-corrected chi connectivity index (χ1v) is 7.39. The lowest BCUT2D eigenvalue weighted by atomic mass is 9.87. The SMILES string of the molecule is CC1CCCC(Nc2nc3sccn3c2[N+](=O)[O-])C1. The molecule has 0 saturated heterocycles. The zero-order valence-corrected chi connectivity index (χ0v) is 11.5. The van der Waals surface area contributed by atoms with Gasteiger partial charge >= 0.3 is 5.82 Å². The summed E-state index contributed by atoms with van der Waals surface area (Å²) in [6.07, 6.45) is 6.24. The second-order valence-corrected chi connectivity index (χ2v) is 6.08. The van der Waals surface area contributed by atoms with Crippen molar-refractivity contribution >= 4 is 27.9 Å². The fourth-order valence-corrected chi connectivity index (χ4v) is 3.51. The standard InChI is InChI=1S/C12H16N4O2S/c1-8-3-2-4-9(7-8)13-10-11(16(17)18)15-5-6-19-12(15)14-10/h5-6,8-9,13H,2-4,7H2,1H3. The average Bonchev–Trinajstić information content (AvgIpc) is 2.88. The molecular weight excluding hydrogens is 264 g/mol. The lowest BCUT2D eigenvalue weighted by molar-refractivity contribution is -0.389. The van der Waals surface area contributed by atoms with Gasteiger partial charge in [-0.05, 0) is 23.7 Å². The molecule has 0 aliphatic heterocycles. The van der Waals surface area contributed by atoms with Gasteiger partial charge in [-0.1, -0.05) is 31.1 Å². The number of nitrogens with zero attached hydrogens (tertiary/aromatic N) is 3. The number of anilines is 1. The summed E-state index contributed by atoms with van der Waals surface area (Å²) in [5.41, 5.74) is 0. The molecule has 6 nitrogen and oxygen atoms in total. The van der Waals surface area contributed by atoms with Gasteiger partial charge < -0.3 is 15.4 Å². The zero-order valence-electron chi connectivity index (χ0n) is 10.7. The number of aromatic nitrogens is 2. The van der Waals surface area contributed by atoms with Crippen LogP contribution in [0.5, 0.6) is 0 Å². The average molecular weight is 280 g/mol. The lowest BCUT2D eigenvalue weighted by Gasteiger charge is -2.27. The van der Waals surface area contributed by atoms with Crippen LogP contribution < -0.4 is 5.32 Å². The maximum atomic E-state index is 11.2. The molecule has 7 heteroatoms. The second kappa shape index (κ2) is 4.80. The third-order valence-corrected chi connectivity index (χ3v) is 4.44. The molecule has 1 saturated carbocycles. The van der Waals surface area contributed by atoms with Gasteiger partial charge in [-0.3, -0.25) is 0 Å². The molecule has 2 heterocycles. The van der Waals surface area contributed by atoms with Crippen LogP contribution in [0.3, 0.4) is 0 Å². The van der Waals surface area contributed by atoms with E-state index in [2.05, 4.69) is 17.2 Å². The Hall–Kier alpha value is -1.63. The molecule has 1 aliphatic carbocycles. The summed E-state index contributed by atoms with van der Waals surface area (Å²) in [5.74, 6) is 1.14. The molecule has 1 aliphatic rings. The Morgan fingerprint density at radius 3 is 3.16 bits per heavy atom. The van der Waals surface area contributed by atoms with Crippen molar-refractivity contribution in [2.75, 3.05) is 5.32 Å². The number of fused-ring (bicyclic) bond motifs is 1. The smallest absolute Gasteiger partial charge is 0.360 e. The molecule has 1 N–H and O–H groups in total. The van der Waals surface area contributed by atoms with Crippen molar-refractivity contribution in [2.24, 2.45) is 5.92 Å². The normalized spacial score (nSPS) is 23.6. The van der Waals surface area contributed by atoms with Crippen LogP contribution >= 0.6 is 11.3 Å². The molecule has 1 fully saturated rings. The van der Waals surface area contributed by atoms with Crippen molar-refractivity contribution in [3.05, 3.63) is 21.7 Å². The monoisotopic (exact) mass is 280 g/mol. The van der Waals surface area contributed by atoms with E-state index in [0.717, 1.165) is 12.8 Å². The number of imidazole rings is 1. The Bertz CT molecular complexity index is 606.